The topological polar surface area (TPSA) is 67.3 Å². The average molecular weight is 479 g/mol. The molecule has 1 heterocycles. The Morgan fingerprint density at radius 2 is 1.58 bits per heavy atom. The van der Waals surface area contributed by atoms with E-state index < -0.39 is 9.84 Å². The molecule has 0 saturated carbocycles. The molecule has 7 heteroatoms. The zero-order chi connectivity index (χ0) is 23.6. The molecule has 33 heavy (non-hydrogen) atoms. The third kappa shape index (κ3) is 5.15. The zero-order valence-electron chi connectivity index (χ0n) is 18.9. The SMILES string of the molecule is Cc1ccc(S(=O)(=O)CCC(=O)N(Cc2ccccc2)c2nc3c(C)ccc(C)c3s2)cc1. The highest BCUT2D eigenvalue weighted by atomic mass is 32.2. The largest absolute Gasteiger partial charge is 0.284 e. The number of fused-ring (bicyclic) bond motifs is 1. The van der Waals surface area contributed by atoms with E-state index in [-0.39, 0.29) is 23.0 Å². The second kappa shape index (κ2) is 9.45. The first-order valence-corrected chi connectivity index (χ1v) is 13.2. The molecule has 0 saturated heterocycles. The maximum atomic E-state index is 13.4. The van der Waals surface area contributed by atoms with Crippen LogP contribution in [0.2, 0.25) is 0 Å². The van der Waals surface area contributed by atoms with Crippen LogP contribution in [0.15, 0.2) is 71.6 Å². The third-order valence-electron chi connectivity index (χ3n) is 5.61. The van der Waals surface area contributed by atoms with Crippen molar-refractivity contribution in [2.45, 2.75) is 38.6 Å². The van der Waals surface area contributed by atoms with Gasteiger partial charge in [-0.25, -0.2) is 13.4 Å². The number of aromatic nitrogens is 1. The van der Waals surface area contributed by atoms with E-state index in [1.165, 1.54) is 11.3 Å². The smallest absolute Gasteiger partial charge is 0.230 e. The van der Waals surface area contributed by atoms with Crippen LogP contribution in [0.5, 0.6) is 0 Å². The Labute approximate surface area is 198 Å². The number of amides is 1. The van der Waals surface area contributed by atoms with Crippen LogP contribution in [0.4, 0.5) is 5.13 Å². The molecule has 170 valence electrons. The van der Waals surface area contributed by atoms with Gasteiger partial charge in [-0.1, -0.05) is 71.5 Å². The highest BCUT2D eigenvalue weighted by Crippen LogP contribution is 2.34. The Balaban J connectivity index is 1.63. The van der Waals surface area contributed by atoms with Crippen LogP contribution >= 0.6 is 11.3 Å². The van der Waals surface area contributed by atoms with Crippen molar-refractivity contribution in [1.29, 1.82) is 0 Å². The van der Waals surface area contributed by atoms with Gasteiger partial charge >= 0.3 is 0 Å². The van der Waals surface area contributed by atoms with E-state index >= 15 is 0 Å². The molecule has 1 amide bonds. The van der Waals surface area contributed by atoms with Gasteiger partial charge in [0.1, 0.15) is 0 Å². The van der Waals surface area contributed by atoms with Gasteiger partial charge in [0, 0.05) is 6.42 Å². The summed E-state index contributed by atoms with van der Waals surface area (Å²) in [4.78, 5) is 20.0. The van der Waals surface area contributed by atoms with Crippen molar-refractivity contribution in [2.75, 3.05) is 10.7 Å². The molecule has 0 bridgehead atoms. The van der Waals surface area contributed by atoms with Gasteiger partial charge in [-0.2, -0.15) is 0 Å². The highest BCUT2D eigenvalue weighted by molar-refractivity contribution is 7.91. The second-order valence-corrected chi connectivity index (χ2v) is 11.3. The first-order valence-electron chi connectivity index (χ1n) is 10.7. The van der Waals surface area contributed by atoms with Gasteiger partial charge in [-0.15, -0.1) is 0 Å². The Morgan fingerprint density at radius 1 is 0.909 bits per heavy atom. The lowest BCUT2D eigenvalue weighted by Gasteiger charge is -2.20. The van der Waals surface area contributed by atoms with Crippen LogP contribution in [-0.2, 0) is 21.2 Å². The Morgan fingerprint density at radius 3 is 2.24 bits per heavy atom. The quantitative estimate of drug-likeness (QED) is 0.346. The second-order valence-electron chi connectivity index (χ2n) is 8.22. The molecule has 0 aliphatic rings. The number of sulfone groups is 1. The summed E-state index contributed by atoms with van der Waals surface area (Å²) in [5, 5.41) is 0.587. The number of carbonyl (C=O) groups is 1. The molecule has 0 fully saturated rings. The summed E-state index contributed by atoms with van der Waals surface area (Å²) in [6.45, 7) is 6.27. The molecule has 0 aliphatic carbocycles. The standard InChI is InChI=1S/C26H26N2O3S2/c1-18-9-13-22(14-10-18)33(30,31)16-15-23(29)28(17-21-7-5-4-6-8-21)26-27-24-19(2)11-12-20(3)25(24)32-26/h4-14H,15-17H2,1-3H3. The van der Waals surface area contributed by atoms with Gasteiger partial charge in [0.25, 0.3) is 0 Å². The fraction of sp³-hybridized carbons (Fsp3) is 0.231. The number of nitrogens with zero attached hydrogens (tertiary/aromatic N) is 2. The van der Waals surface area contributed by atoms with E-state index in [2.05, 4.69) is 6.07 Å². The maximum Gasteiger partial charge on any atom is 0.230 e. The molecule has 3 aromatic carbocycles. The molecular formula is C26H26N2O3S2. The molecule has 1 aromatic heterocycles. The molecule has 4 rings (SSSR count). The summed E-state index contributed by atoms with van der Waals surface area (Å²) in [7, 11) is -3.56. The number of benzene rings is 3. The van der Waals surface area contributed by atoms with Crippen molar-refractivity contribution < 1.29 is 13.2 Å². The maximum absolute atomic E-state index is 13.4. The number of hydrogen-bond acceptors (Lipinski definition) is 5. The van der Waals surface area contributed by atoms with E-state index in [1.54, 1.807) is 29.2 Å². The highest BCUT2D eigenvalue weighted by Gasteiger charge is 2.24. The third-order valence-corrected chi connectivity index (χ3v) is 8.56. The fourth-order valence-corrected chi connectivity index (χ4v) is 5.97. The zero-order valence-corrected chi connectivity index (χ0v) is 20.5. The predicted molar refractivity (Wildman–Crippen MR) is 135 cm³/mol. The van der Waals surface area contributed by atoms with Gasteiger partial charge in [0.15, 0.2) is 15.0 Å². The van der Waals surface area contributed by atoms with Crippen LogP contribution < -0.4 is 4.90 Å². The minimum atomic E-state index is -3.56. The summed E-state index contributed by atoms with van der Waals surface area (Å²) in [6.07, 6.45) is -0.114. The normalized spacial score (nSPS) is 11.6. The monoisotopic (exact) mass is 478 g/mol. The summed E-state index contributed by atoms with van der Waals surface area (Å²) >= 11 is 1.47. The minimum absolute atomic E-state index is 0.114. The van der Waals surface area contributed by atoms with Gasteiger partial charge < -0.3 is 0 Å². The average Bonchev–Trinajstić information content (AvgIpc) is 3.26. The van der Waals surface area contributed by atoms with Crippen molar-refractivity contribution in [1.82, 2.24) is 4.98 Å². The summed E-state index contributed by atoms with van der Waals surface area (Å²) in [5.74, 6) is -0.507. The van der Waals surface area contributed by atoms with E-state index in [0.717, 1.165) is 32.5 Å². The van der Waals surface area contributed by atoms with Crippen molar-refractivity contribution >= 4 is 42.4 Å². The summed E-state index contributed by atoms with van der Waals surface area (Å²) < 4.78 is 26.7. The first-order chi connectivity index (χ1) is 15.7. The molecule has 0 atom stereocenters. The van der Waals surface area contributed by atoms with E-state index in [9.17, 15) is 13.2 Å². The lowest BCUT2D eigenvalue weighted by Crippen LogP contribution is -2.31. The van der Waals surface area contributed by atoms with Gasteiger partial charge in [-0.3, -0.25) is 9.69 Å². The fourth-order valence-electron chi connectivity index (χ4n) is 3.61. The van der Waals surface area contributed by atoms with Crippen LogP contribution in [0.25, 0.3) is 10.2 Å². The van der Waals surface area contributed by atoms with Crippen LogP contribution in [0.1, 0.15) is 28.7 Å². The molecule has 0 N–H and O–H groups in total. The number of thiazole rings is 1. The molecule has 0 radical (unpaired) electrons. The lowest BCUT2D eigenvalue weighted by atomic mass is 10.1. The number of anilines is 1. The number of rotatable bonds is 7. The summed E-state index contributed by atoms with van der Waals surface area (Å²) in [5.41, 5.74) is 4.98. The number of carbonyl (C=O) groups excluding carboxylic acids is 1. The van der Waals surface area contributed by atoms with Crippen LogP contribution in [0.3, 0.4) is 0 Å². The van der Waals surface area contributed by atoms with Crippen LogP contribution in [0, 0.1) is 20.8 Å². The molecule has 5 nitrogen and oxygen atoms in total. The lowest BCUT2D eigenvalue weighted by molar-refractivity contribution is -0.118. The van der Waals surface area contributed by atoms with Crippen LogP contribution in [-0.4, -0.2) is 25.1 Å². The molecule has 4 aromatic rings. The minimum Gasteiger partial charge on any atom is -0.284 e. The number of aryl methyl sites for hydroxylation is 3. The van der Waals surface area contributed by atoms with Gasteiger partial charge in [-0.05, 0) is 49.6 Å². The van der Waals surface area contributed by atoms with Gasteiger partial charge in [0.2, 0.25) is 5.91 Å². The molecule has 0 aliphatic heterocycles. The Bertz CT molecular complexity index is 1350. The molecule has 0 unspecified atom stereocenters. The van der Waals surface area contributed by atoms with E-state index in [1.807, 2.05) is 57.2 Å². The van der Waals surface area contributed by atoms with E-state index in [4.69, 9.17) is 4.98 Å². The van der Waals surface area contributed by atoms with Crippen molar-refractivity contribution in [3.63, 3.8) is 0 Å². The Hall–Kier alpha value is -3.03. The number of hydrogen-bond donors (Lipinski definition) is 0. The predicted octanol–water partition coefficient (Wildman–Crippen LogP) is 5.62. The van der Waals surface area contributed by atoms with E-state index in [0.29, 0.717) is 11.7 Å². The molecule has 0 spiro atoms. The van der Waals surface area contributed by atoms with Crippen molar-refractivity contribution in [2.24, 2.45) is 0 Å². The Kier molecular flexibility index (Phi) is 6.63. The summed E-state index contributed by atoms with van der Waals surface area (Å²) in [6, 6.07) is 20.5. The van der Waals surface area contributed by atoms with Gasteiger partial charge in [0.05, 0.1) is 27.4 Å². The van der Waals surface area contributed by atoms with Crippen molar-refractivity contribution in [3.8, 4) is 0 Å². The molecular weight excluding hydrogens is 452 g/mol. The van der Waals surface area contributed by atoms with Crippen molar-refractivity contribution in [3.05, 3.63) is 89.0 Å². The first kappa shape index (κ1) is 23.1.